The van der Waals surface area contributed by atoms with E-state index in [9.17, 15) is 19.2 Å². The standard InChI is InChI=1S/C43H68N4O6/c1-6-9-10-11-12-13-14-15-16-17-18-19-20-21-22-23-24-25-26-30-40(49)45-31-28-27-29-38(43(51)52-5)47-42(50)35-32-37(44)41(46-34(4)48)39(33-35)53-36(7-2)8-3/h9-10,12-13,15-16,18-19,21-22,24-25,33,36-39,41H,6-8,11,14,17,20,23,26-32,44H2,1-5H3,(H,45,49)(H,46,48)(H,47,50)/b10-9-,13-12-,16-15-,19-18-,22-21-,25-24-/t37-,38?,39+,41+/m0/s1. The maximum Gasteiger partial charge on any atom is 0.328 e. The Labute approximate surface area is 319 Å². The molecule has 0 bridgehead atoms. The molecule has 3 amide bonds. The molecule has 53 heavy (non-hydrogen) atoms. The number of hydrogen-bond acceptors (Lipinski definition) is 7. The van der Waals surface area contributed by atoms with Crippen LogP contribution < -0.4 is 21.7 Å². The Balaban J connectivity index is 2.37. The van der Waals surface area contributed by atoms with E-state index in [1.54, 1.807) is 6.08 Å². The van der Waals surface area contributed by atoms with Gasteiger partial charge in [-0.2, -0.15) is 0 Å². The predicted octanol–water partition coefficient (Wildman–Crippen LogP) is 7.14. The zero-order valence-electron chi connectivity index (χ0n) is 33.0. The zero-order chi connectivity index (χ0) is 39.1. The largest absolute Gasteiger partial charge is 0.467 e. The van der Waals surface area contributed by atoms with Crippen molar-refractivity contribution in [3.8, 4) is 0 Å². The fraction of sp³-hybridized carbons (Fsp3) is 0.581. The summed E-state index contributed by atoms with van der Waals surface area (Å²) in [6, 6.07) is -1.86. The fourth-order valence-electron chi connectivity index (χ4n) is 5.70. The maximum absolute atomic E-state index is 13.3. The third-order valence-electron chi connectivity index (χ3n) is 8.73. The number of carbonyl (C=O) groups is 4. The van der Waals surface area contributed by atoms with E-state index in [1.165, 1.54) is 14.0 Å². The predicted molar refractivity (Wildman–Crippen MR) is 216 cm³/mol. The first-order valence-corrected chi connectivity index (χ1v) is 19.6. The number of nitrogens with one attached hydrogen (secondary N) is 3. The average Bonchev–Trinajstić information content (AvgIpc) is 3.14. The third-order valence-corrected chi connectivity index (χ3v) is 8.73. The van der Waals surface area contributed by atoms with Crippen molar-refractivity contribution in [3.05, 3.63) is 84.6 Å². The van der Waals surface area contributed by atoms with Gasteiger partial charge in [-0.25, -0.2) is 4.79 Å². The molecule has 0 aromatic heterocycles. The van der Waals surface area contributed by atoms with E-state index in [0.717, 1.165) is 51.4 Å². The van der Waals surface area contributed by atoms with Crippen LogP contribution >= 0.6 is 0 Å². The van der Waals surface area contributed by atoms with Crippen LogP contribution in [0.2, 0.25) is 0 Å². The molecule has 1 aliphatic rings. The normalized spacial score (nSPS) is 18.5. The van der Waals surface area contributed by atoms with Gasteiger partial charge in [-0.3, -0.25) is 14.4 Å². The molecule has 0 fully saturated rings. The van der Waals surface area contributed by atoms with Crippen LogP contribution in [0.3, 0.4) is 0 Å². The van der Waals surface area contributed by atoms with E-state index < -0.39 is 36.1 Å². The van der Waals surface area contributed by atoms with Gasteiger partial charge in [-0.15, -0.1) is 0 Å². The van der Waals surface area contributed by atoms with Crippen molar-refractivity contribution in [2.45, 2.75) is 148 Å². The highest BCUT2D eigenvalue weighted by atomic mass is 16.5. The Bertz CT molecular complexity index is 1280. The Morgan fingerprint density at radius 2 is 1.38 bits per heavy atom. The van der Waals surface area contributed by atoms with Gasteiger partial charge in [0.1, 0.15) is 6.04 Å². The summed E-state index contributed by atoms with van der Waals surface area (Å²) in [6.45, 7) is 8.07. The smallest absolute Gasteiger partial charge is 0.328 e. The van der Waals surface area contributed by atoms with Gasteiger partial charge in [0.25, 0.3) is 0 Å². The summed E-state index contributed by atoms with van der Waals surface area (Å²) < 4.78 is 11.2. The summed E-state index contributed by atoms with van der Waals surface area (Å²) in [5.41, 5.74) is 6.81. The number of nitrogens with two attached hydrogens (primary N) is 1. The second-order valence-electron chi connectivity index (χ2n) is 13.2. The molecule has 0 heterocycles. The van der Waals surface area contributed by atoms with Gasteiger partial charge < -0.3 is 31.2 Å². The molecule has 10 nitrogen and oxygen atoms in total. The van der Waals surface area contributed by atoms with Crippen molar-refractivity contribution in [1.29, 1.82) is 0 Å². The van der Waals surface area contributed by atoms with E-state index in [2.05, 4.69) is 89.7 Å². The van der Waals surface area contributed by atoms with Crippen molar-refractivity contribution in [1.82, 2.24) is 16.0 Å². The quantitative estimate of drug-likeness (QED) is 0.0398. The molecule has 0 saturated heterocycles. The van der Waals surface area contributed by atoms with E-state index in [-0.39, 0.29) is 24.3 Å². The van der Waals surface area contributed by atoms with Gasteiger partial charge in [0, 0.05) is 31.5 Å². The number of ether oxygens (including phenoxy) is 2. The van der Waals surface area contributed by atoms with Gasteiger partial charge in [0.15, 0.2) is 0 Å². The molecule has 1 aliphatic carbocycles. The minimum Gasteiger partial charge on any atom is -0.467 e. The molecule has 0 aromatic carbocycles. The molecule has 0 saturated carbocycles. The van der Waals surface area contributed by atoms with Crippen molar-refractivity contribution >= 4 is 23.7 Å². The number of unbranched alkanes of at least 4 members (excludes halogenated alkanes) is 1. The van der Waals surface area contributed by atoms with E-state index >= 15 is 0 Å². The van der Waals surface area contributed by atoms with Crippen LogP contribution in [0, 0.1) is 0 Å². The van der Waals surface area contributed by atoms with Crippen molar-refractivity contribution in [2.75, 3.05) is 13.7 Å². The molecule has 1 rings (SSSR count). The number of rotatable bonds is 27. The van der Waals surface area contributed by atoms with E-state index in [0.29, 0.717) is 44.2 Å². The lowest BCUT2D eigenvalue weighted by atomic mass is 9.87. The van der Waals surface area contributed by atoms with Crippen molar-refractivity contribution in [3.63, 3.8) is 0 Å². The van der Waals surface area contributed by atoms with Gasteiger partial charge in [0.2, 0.25) is 17.7 Å². The molecule has 5 N–H and O–H groups in total. The van der Waals surface area contributed by atoms with Crippen LogP contribution in [0.5, 0.6) is 0 Å². The topological polar surface area (TPSA) is 149 Å². The maximum atomic E-state index is 13.3. The van der Waals surface area contributed by atoms with Gasteiger partial charge in [-0.05, 0) is 89.5 Å². The first-order chi connectivity index (χ1) is 25.7. The number of methoxy groups -OCH3 is 1. The van der Waals surface area contributed by atoms with Crippen LogP contribution in [0.25, 0.3) is 0 Å². The molecule has 1 unspecified atom stereocenters. The second-order valence-corrected chi connectivity index (χ2v) is 13.2. The summed E-state index contributed by atoms with van der Waals surface area (Å²) >= 11 is 0. The van der Waals surface area contributed by atoms with Crippen molar-refractivity contribution in [2.24, 2.45) is 5.73 Å². The Hall–Kier alpha value is -4.02. The minimum absolute atomic E-state index is 0.0225. The summed E-state index contributed by atoms with van der Waals surface area (Å²) in [4.78, 5) is 50.0. The molecule has 0 radical (unpaired) electrons. The van der Waals surface area contributed by atoms with E-state index in [4.69, 9.17) is 15.2 Å². The lowest BCUT2D eigenvalue weighted by Crippen LogP contribution is -2.57. The first-order valence-electron chi connectivity index (χ1n) is 19.6. The molecule has 0 spiro atoms. The molecular weight excluding hydrogens is 668 g/mol. The van der Waals surface area contributed by atoms with Crippen LogP contribution in [-0.2, 0) is 28.7 Å². The van der Waals surface area contributed by atoms with Crippen molar-refractivity contribution < 1.29 is 28.7 Å². The molecule has 296 valence electrons. The van der Waals surface area contributed by atoms with Crippen LogP contribution in [-0.4, -0.2) is 67.7 Å². The fourth-order valence-corrected chi connectivity index (χ4v) is 5.70. The highest BCUT2D eigenvalue weighted by Gasteiger charge is 2.36. The van der Waals surface area contributed by atoms with Crippen LogP contribution in [0.15, 0.2) is 84.6 Å². The summed E-state index contributed by atoms with van der Waals surface area (Å²) in [5.74, 6) is -1.21. The molecule has 0 aliphatic heterocycles. The molecular formula is C43H68N4O6. The number of allylic oxidation sites excluding steroid dienone is 12. The Kier molecular flexibility index (Phi) is 27.0. The number of amides is 3. The highest BCUT2D eigenvalue weighted by molar-refractivity contribution is 5.96. The average molecular weight is 737 g/mol. The summed E-state index contributed by atoms with van der Waals surface area (Å²) in [6.07, 6.45) is 37.2. The molecule has 10 heteroatoms. The Morgan fingerprint density at radius 1 is 0.830 bits per heavy atom. The van der Waals surface area contributed by atoms with E-state index in [1.807, 2.05) is 19.9 Å². The number of hydrogen-bond donors (Lipinski definition) is 4. The number of esters is 1. The third kappa shape index (κ3) is 22.6. The minimum atomic E-state index is -0.847. The summed E-state index contributed by atoms with van der Waals surface area (Å²) in [5, 5.41) is 8.60. The molecule has 0 aromatic rings. The van der Waals surface area contributed by atoms with Crippen LogP contribution in [0.1, 0.15) is 118 Å². The lowest BCUT2D eigenvalue weighted by Gasteiger charge is -2.37. The first kappa shape index (κ1) is 47.0. The summed E-state index contributed by atoms with van der Waals surface area (Å²) in [7, 11) is 1.28. The second kappa shape index (κ2) is 30.4. The zero-order valence-corrected chi connectivity index (χ0v) is 33.0. The SMILES string of the molecule is CC/C=C\C/C=C\C/C=C\C/C=C\C/C=C\C/C=C\CCC(=O)NCCCCC(NC(=O)C1=C[C@@H](OC(CC)CC)[C@H](NC(C)=O)[C@@H](N)C1)C(=O)OC. The van der Waals surface area contributed by atoms with Gasteiger partial charge in [0.05, 0.1) is 25.4 Å². The monoisotopic (exact) mass is 737 g/mol. The number of carbonyl (C=O) groups excluding carboxylic acids is 4. The van der Waals surface area contributed by atoms with Gasteiger partial charge in [-0.1, -0.05) is 93.7 Å². The lowest BCUT2D eigenvalue weighted by molar-refractivity contribution is -0.145. The Morgan fingerprint density at radius 3 is 1.89 bits per heavy atom. The highest BCUT2D eigenvalue weighted by Crippen LogP contribution is 2.24. The molecule has 4 atom stereocenters. The van der Waals surface area contributed by atoms with Crippen LogP contribution in [0.4, 0.5) is 0 Å². The van der Waals surface area contributed by atoms with Gasteiger partial charge >= 0.3 is 5.97 Å².